The highest BCUT2D eigenvalue weighted by molar-refractivity contribution is 5.92. The number of benzene rings is 1. The van der Waals surface area contributed by atoms with Crippen LogP contribution in [-0.2, 0) is 0 Å². The minimum absolute atomic E-state index is 0.150. The first-order valence-electron chi connectivity index (χ1n) is 8.15. The van der Waals surface area contributed by atoms with Gasteiger partial charge in [-0.15, -0.1) is 13.2 Å². The molecular weight excluding hydrogens is 384 g/mol. The first-order valence-corrected chi connectivity index (χ1v) is 8.15. The lowest BCUT2D eigenvalue weighted by molar-refractivity contribution is -0.275. The summed E-state index contributed by atoms with van der Waals surface area (Å²) in [5, 5.41) is 2.59. The van der Waals surface area contributed by atoms with Crippen molar-refractivity contribution in [3.63, 3.8) is 0 Å². The van der Waals surface area contributed by atoms with Gasteiger partial charge in [0.15, 0.2) is 11.6 Å². The molecule has 0 aliphatic heterocycles. The molecule has 1 aromatic carbocycles. The molecule has 1 atom stereocenters. The molecule has 1 amide bonds. The fraction of sp³-hybridized carbons (Fsp3) is 0.353. The number of H-pyrrole nitrogens is 1. The summed E-state index contributed by atoms with van der Waals surface area (Å²) in [6, 6.07) is 3.20. The summed E-state index contributed by atoms with van der Waals surface area (Å²) in [6.07, 6.45) is -4.70. The van der Waals surface area contributed by atoms with E-state index >= 15 is 0 Å². The topological polar surface area (TPSA) is 87.3 Å². The van der Waals surface area contributed by atoms with E-state index in [0.29, 0.717) is 6.42 Å². The van der Waals surface area contributed by atoms with Crippen LogP contribution in [0, 0.1) is 5.82 Å². The van der Waals surface area contributed by atoms with Crippen LogP contribution in [0.4, 0.5) is 23.5 Å². The van der Waals surface area contributed by atoms with Crippen LogP contribution in [0.3, 0.4) is 0 Å². The van der Waals surface area contributed by atoms with E-state index in [1.165, 1.54) is 11.0 Å². The minimum Gasteiger partial charge on any atom is -0.403 e. The maximum atomic E-state index is 13.9. The van der Waals surface area contributed by atoms with Gasteiger partial charge in [0.25, 0.3) is 11.5 Å². The summed E-state index contributed by atoms with van der Waals surface area (Å²) in [6.45, 7) is 1.69. The quantitative estimate of drug-likeness (QED) is 0.726. The van der Waals surface area contributed by atoms with Crippen molar-refractivity contribution >= 4 is 11.9 Å². The number of alkyl halides is 3. The third kappa shape index (κ3) is 5.44. The Kier molecular flexibility index (Phi) is 6.26. The number of rotatable bonds is 6. The van der Waals surface area contributed by atoms with Crippen LogP contribution >= 0.6 is 0 Å². The van der Waals surface area contributed by atoms with Crippen LogP contribution in [0.2, 0.25) is 0 Å². The molecule has 11 heteroatoms. The first-order chi connectivity index (χ1) is 13.0. The molecule has 2 rings (SSSR count). The van der Waals surface area contributed by atoms with Gasteiger partial charge >= 0.3 is 6.36 Å². The number of hydrogen-bond donors (Lipinski definition) is 2. The van der Waals surface area contributed by atoms with Crippen molar-refractivity contribution in [3.05, 3.63) is 51.7 Å². The number of nitrogens with one attached hydrogen (secondary N) is 2. The zero-order valence-corrected chi connectivity index (χ0v) is 15.2. The van der Waals surface area contributed by atoms with Gasteiger partial charge in [0.2, 0.25) is 5.95 Å². The van der Waals surface area contributed by atoms with Crippen LogP contribution < -0.4 is 20.5 Å². The van der Waals surface area contributed by atoms with Gasteiger partial charge in [-0.1, -0.05) is 13.0 Å². The van der Waals surface area contributed by atoms with Crippen LogP contribution in [0.5, 0.6) is 5.75 Å². The second-order valence-corrected chi connectivity index (χ2v) is 6.02. The number of aromatic nitrogens is 2. The molecule has 0 bridgehead atoms. The van der Waals surface area contributed by atoms with E-state index in [1.54, 1.807) is 21.0 Å². The van der Waals surface area contributed by atoms with E-state index in [2.05, 4.69) is 20.0 Å². The third-order valence-electron chi connectivity index (χ3n) is 3.68. The maximum Gasteiger partial charge on any atom is 0.573 e. The lowest BCUT2D eigenvalue weighted by Crippen LogP contribution is -2.31. The van der Waals surface area contributed by atoms with E-state index in [0.717, 1.165) is 18.2 Å². The summed E-state index contributed by atoms with van der Waals surface area (Å²) in [7, 11) is 3.25. The lowest BCUT2D eigenvalue weighted by Gasteiger charge is -2.19. The predicted molar refractivity (Wildman–Crippen MR) is 92.8 cm³/mol. The molecule has 0 aliphatic rings. The number of nitrogens with zero attached hydrogens (tertiary/aromatic N) is 2. The Bertz CT molecular complexity index is 912. The minimum atomic E-state index is -5.02. The molecule has 0 radical (unpaired) electrons. The van der Waals surface area contributed by atoms with E-state index in [4.69, 9.17) is 0 Å². The van der Waals surface area contributed by atoms with Crippen molar-refractivity contribution in [2.45, 2.75) is 25.7 Å². The Labute approximate surface area is 157 Å². The van der Waals surface area contributed by atoms with E-state index in [1.807, 2.05) is 0 Å². The van der Waals surface area contributed by atoms with E-state index in [-0.39, 0.29) is 17.2 Å². The number of carbonyl (C=O) groups is 1. The van der Waals surface area contributed by atoms with Crippen molar-refractivity contribution < 1.29 is 27.1 Å². The van der Waals surface area contributed by atoms with Crippen LogP contribution in [-0.4, -0.2) is 36.3 Å². The molecule has 2 aromatic rings. The fourth-order valence-corrected chi connectivity index (χ4v) is 2.37. The van der Waals surface area contributed by atoms with Crippen LogP contribution in [0.1, 0.15) is 35.4 Å². The highest BCUT2D eigenvalue weighted by Gasteiger charge is 2.32. The molecule has 0 aliphatic carbocycles. The zero-order chi connectivity index (χ0) is 21.1. The largest absolute Gasteiger partial charge is 0.573 e. The van der Waals surface area contributed by atoms with Crippen molar-refractivity contribution in [3.8, 4) is 5.75 Å². The highest BCUT2D eigenvalue weighted by Crippen LogP contribution is 2.28. The van der Waals surface area contributed by atoms with Crippen molar-refractivity contribution in [2.24, 2.45) is 0 Å². The highest BCUT2D eigenvalue weighted by atomic mass is 19.4. The average Bonchev–Trinajstić information content (AvgIpc) is 2.59. The molecule has 1 aromatic heterocycles. The number of ether oxygens (including phenoxy) is 1. The Balaban J connectivity index is 2.23. The molecule has 0 unspecified atom stereocenters. The molecule has 0 spiro atoms. The number of carbonyl (C=O) groups excluding carboxylic acids is 1. The summed E-state index contributed by atoms with van der Waals surface area (Å²) in [5.74, 6) is -2.70. The molecule has 152 valence electrons. The third-order valence-corrected chi connectivity index (χ3v) is 3.68. The Hall–Kier alpha value is -3.11. The molecule has 7 nitrogen and oxygen atoms in total. The zero-order valence-electron chi connectivity index (χ0n) is 15.2. The second-order valence-electron chi connectivity index (χ2n) is 6.02. The van der Waals surface area contributed by atoms with Gasteiger partial charge < -0.3 is 15.0 Å². The summed E-state index contributed by atoms with van der Waals surface area (Å²) in [4.78, 5) is 32.1. The molecule has 1 heterocycles. The van der Waals surface area contributed by atoms with E-state index < -0.39 is 35.4 Å². The van der Waals surface area contributed by atoms with Crippen LogP contribution in [0.25, 0.3) is 0 Å². The number of anilines is 1. The normalized spacial score (nSPS) is 12.4. The van der Waals surface area contributed by atoms with Crippen molar-refractivity contribution in [1.29, 1.82) is 0 Å². The van der Waals surface area contributed by atoms with Gasteiger partial charge in [-0.25, -0.2) is 9.37 Å². The van der Waals surface area contributed by atoms with Crippen molar-refractivity contribution in [2.75, 3.05) is 19.0 Å². The summed E-state index contributed by atoms with van der Waals surface area (Å²) >= 11 is 0. The smallest absolute Gasteiger partial charge is 0.403 e. The average molecular weight is 402 g/mol. The van der Waals surface area contributed by atoms with Crippen molar-refractivity contribution in [1.82, 2.24) is 15.3 Å². The Morgan fingerprint density at radius 1 is 1.32 bits per heavy atom. The number of halogens is 4. The fourth-order valence-electron chi connectivity index (χ4n) is 2.37. The monoisotopic (exact) mass is 402 g/mol. The number of hydrogen-bond acceptors (Lipinski definition) is 5. The summed E-state index contributed by atoms with van der Waals surface area (Å²) in [5.41, 5.74) is -0.444. The predicted octanol–water partition coefficient (Wildman–Crippen LogP) is 2.75. The van der Waals surface area contributed by atoms with Gasteiger partial charge in [0.1, 0.15) is 5.69 Å². The van der Waals surface area contributed by atoms with Gasteiger partial charge in [-0.2, -0.15) is 0 Å². The maximum absolute atomic E-state index is 13.9. The second kappa shape index (κ2) is 8.28. The van der Waals surface area contributed by atoms with Gasteiger partial charge in [0.05, 0.1) is 6.04 Å². The first kappa shape index (κ1) is 21.2. The number of aromatic amines is 1. The Morgan fingerprint density at radius 2 is 2.00 bits per heavy atom. The van der Waals surface area contributed by atoms with Gasteiger partial charge in [0, 0.05) is 20.2 Å². The standard InChI is InChI=1S/C17H18F4N4O3/c1-4-11(9-5-6-13(10(18)7-9)28-17(19,20)21)22-15(27)12-8-14(26)24-16(23-12)25(2)3/h5-8,11H,4H2,1-3H3,(H,22,27)(H,23,24,26)/t11-/m1/s1. The van der Waals surface area contributed by atoms with Gasteiger partial charge in [-0.3, -0.25) is 14.6 Å². The Morgan fingerprint density at radius 3 is 2.54 bits per heavy atom. The summed E-state index contributed by atoms with van der Waals surface area (Å²) < 4.78 is 54.2. The van der Waals surface area contributed by atoms with E-state index in [9.17, 15) is 27.2 Å². The SMILES string of the molecule is CC[C@@H](NC(=O)c1cc(=O)[nH]c(N(C)C)n1)c1ccc(OC(F)(F)F)c(F)c1. The van der Waals surface area contributed by atoms with Crippen LogP contribution in [0.15, 0.2) is 29.1 Å². The molecule has 28 heavy (non-hydrogen) atoms. The molecule has 2 N–H and O–H groups in total. The lowest BCUT2D eigenvalue weighted by atomic mass is 10.0. The molecule has 0 saturated carbocycles. The van der Waals surface area contributed by atoms with Gasteiger partial charge in [-0.05, 0) is 24.1 Å². The molecule has 0 saturated heterocycles. The molecular formula is C17H18F4N4O3. The number of amides is 1. The molecule has 0 fully saturated rings.